The van der Waals surface area contributed by atoms with Crippen LogP contribution in [0, 0.1) is 0 Å². The molecule has 0 bridgehead atoms. The van der Waals surface area contributed by atoms with E-state index in [0.717, 1.165) is 11.4 Å². The molecule has 92 valence electrons. The van der Waals surface area contributed by atoms with Crippen LogP contribution in [0.2, 0.25) is 0 Å². The predicted octanol–water partition coefficient (Wildman–Crippen LogP) is 2.19. The van der Waals surface area contributed by atoms with Gasteiger partial charge in [0.25, 0.3) is 0 Å². The van der Waals surface area contributed by atoms with Crippen molar-refractivity contribution in [2.24, 2.45) is 0 Å². The number of esters is 1. The molecule has 2 rings (SSSR count). The summed E-state index contributed by atoms with van der Waals surface area (Å²) in [6.45, 7) is 0. The lowest BCUT2D eigenvalue weighted by Gasteiger charge is -2.08. The van der Waals surface area contributed by atoms with Gasteiger partial charge < -0.3 is 15.8 Å². The third kappa shape index (κ3) is 2.57. The summed E-state index contributed by atoms with van der Waals surface area (Å²) in [6, 6.07) is 10.7. The second-order valence-corrected chi connectivity index (χ2v) is 3.64. The van der Waals surface area contributed by atoms with E-state index in [2.05, 4.69) is 15.0 Å². The molecule has 0 unspecified atom stereocenters. The molecule has 1 aromatic carbocycles. The third-order valence-corrected chi connectivity index (χ3v) is 2.40. The van der Waals surface area contributed by atoms with Crippen LogP contribution in [0.25, 0.3) is 0 Å². The van der Waals surface area contributed by atoms with Crippen molar-refractivity contribution in [2.75, 3.05) is 18.2 Å². The summed E-state index contributed by atoms with van der Waals surface area (Å²) in [5.74, 6) is -0.458. The van der Waals surface area contributed by atoms with Crippen molar-refractivity contribution in [3.63, 3.8) is 0 Å². The SMILES string of the molecule is COC(=O)c1ccc(Nc2ccccc2N)cn1. The van der Waals surface area contributed by atoms with E-state index >= 15 is 0 Å². The van der Waals surface area contributed by atoms with Crippen LogP contribution in [0.5, 0.6) is 0 Å². The van der Waals surface area contributed by atoms with E-state index in [4.69, 9.17) is 5.73 Å². The van der Waals surface area contributed by atoms with Gasteiger partial charge in [0.1, 0.15) is 5.69 Å². The number of hydrogen-bond donors (Lipinski definition) is 2. The number of nitrogens with zero attached hydrogens (tertiary/aromatic N) is 1. The molecule has 0 aliphatic rings. The lowest BCUT2D eigenvalue weighted by molar-refractivity contribution is 0.0594. The molecule has 0 amide bonds. The molecule has 0 atom stereocenters. The monoisotopic (exact) mass is 243 g/mol. The molecule has 1 aromatic heterocycles. The summed E-state index contributed by atoms with van der Waals surface area (Å²) in [6.07, 6.45) is 1.55. The molecule has 0 radical (unpaired) electrons. The maximum Gasteiger partial charge on any atom is 0.356 e. The van der Waals surface area contributed by atoms with Gasteiger partial charge >= 0.3 is 5.97 Å². The minimum atomic E-state index is -0.458. The fourth-order valence-corrected chi connectivity index (χ4v) is 1.46. The highest BCUT2D eigenvalue weighted by molar-refractivity contribution is 5.87. The smallest absolute Gasteiger partial charge is 0.356 e. The standard InChI is InChI=1S/C13H13N3O2/c1-18-13(17)12-7-6-9(8-15-12)16-11-5-3-2-4-10(11)14/h2-8,16H,14H2,1H3. The largest absolute Gasteiger partial charge is 0.464 e. The number of hydrogen-bond acceptors (Lipinski definition) is 5. The number of nitrogen functional groups attached to an aromatic ring is 1. The number of ether oxygens (including phenoxy) is 1. The molecule has 5 heteroatoms. The van der Waals surface area contributed by atoms with Crippen LogP contribution in [0.3, 0.4) is 0 Å². The Bertz CT molecular complexity index is 552. The summed E-state index contributed by atoms with van der Waals surface area (Å²) in [4.78, 5) is 15.2. The van der Waals surface area contributed by atoms with Gasteiger partial charge in [-0.3, -0.25) is 0 Å². The lowest BCUT2D eigenvalue weighted by atomic mass is 10.2. The lowest BCUT2D eigenvalue weighted by Crippen LogP contribution is -2.04. The molecule has 0 saturated carbocycles. The summed E-state index contributed by atoms with van der Waals surface area (Å²) < 4.78 is 4.57. The van der Waals surface area contributed by atoms with Gasteiger partial charge in [-0.05, 0) is 24.3 Å². The van der Waals surface area contributed by atoms with Crippen LogP contribution in [0.1, 0.15) is 10.5 Å². The number of carbonyl (C=O) groups excluding carboxylic acids is 1. The molecule has 5 nitrogen and oxygen atoms in total. The number of nitrogens with two attached hydrogens (primary N) is 1. The van der Waals surface area contributed by atoms with Crippen LogP contribution in [-0.4, -0.2) is 18.1 Å². The van der Waals surface area contributed by atoms with Crippen LogP contribution >= 0.6 is 0 Å². The first-order valence-corrected chi connectivity index (χ1v) is 5.36. The number of benzene rings is 1. The van der Waals surface area contributed by atoms with Crippen molar-refractivity contribution in [3.05, 3.63) is 48.3 Å². The molecule has 0 saturated heterocycles. The highest BCUT2D eigenvalue weighted by atomic mass is 16.5. The van der Waals surface area contributed by atoms with E-state index in [-0.39, 0.29) is 5.69 Å². The Morgan fingerprint density at radius 1 is 1.28 bits per heavy atom. The number of rotatable bonds is 3. The minimum Gasteiger partial charge on any atom is -0.464 e. The normalized spacial score (nSPS) is 9.83. The highest BCUT2D eigenvalue weighted by Crippen LogP contribution is 2.21. The first-order valence-electron chi connectivity index (χ1n) is 5.36. The first kappa shape index (κ1) is 11.9. The Hall–Kier alpha value is -2.56. The predicted molar refractivity (Wildman–Crippen MR) is 69.7 cm³/mol. The minimum absolute atomic E-state index is 0.268. The van der Waals surface area contributed by atoms with Gasteiger partial charge in [0.2, 0.25) is 0 Å². The zero-order valence-corrected chi connectivity index (χ0v) is 9.88. The van der Waals surface area contributed by atoms with Crippen LogP contribution in [0.15, 0.2) is 42.6 Å². The maximum atomic E-state index is 11.2. The maximum absolute atomic E-state index is 11.2. The molecule has 2 aromatic rings. The van der Waals surface area contributed by atoms with Gasteiger partial charge in [-0.1, -0.05) is 12.1 Å². The Balaban J connectivity index is 2.16. The Morgan fingerprint density at radius 2 is 2.06 bits per heavy atom. The van der Waals surface area contributed by atoms with E-state index < -0.39 is 5.97 Å². The van der Waals surface area contributed by atoms with Crippen molar-refractivity contribution in [1.82, 2.24) is 4.98 Å². The van der Waals surface area contributed by atoms with Crippen molar-refractivity contribution < 1.29 is 9.53 Å². The molecule has 0 aliphatic carbocycles. The van der Waals surface area contributed by atoms with E-state index in [9.17, 15) is 4.79 Å². The molecule has 0 spiro atoms. The van der Waals surface area contributed by atoms with Gasteiger partial charge in [-0.2, -0.15) is 0 Å². The second kappa shape index (κ2) is 5.18. The molecular weight excluding hydrogens is 230 g/mol. The fourth-order valence-electron chi connectivity index (χ4n) is 1.46. The van der Waals surface area contributed by atoms with Gasteiger partial charge in [0.15, 0.2) is 0 Å². The molecule has 0 aliphatic heterocycles. The van der Waals surface area contributed by atoms with Gasteiger partial charge in [-0.25, -0.2) is 9.78 Å². The molecule has 1 heterocycles. The average Bonchev–Trinajstić information content (AvgIpc) is 2.41. The Kier molecular flexibility index (Phi) is 3.43. The topological polar surface area (TPSA) is 77.2 Å². The number of pyridine rings is 1. The number of anilines is 3. The fraction of sp³-hybridized carbons (Fsp3) is 0.0769. The van der Waals surface area contributed by atoms with E-state index in [1.54, 1.807) is 24.4 Å². The summed E-state index contributed by atoms with van der Waals surface area (Å²) in [5, 5.41) is 3.12. The summed E-state index contributed by atoms with van der Waals surface area (Å²) in [7, 11) is 1.32. The van der Waals surface area contributed by atoms with Crippen molar-refractivity contribution >= 4 is 23.0 Å². The molecular formula is C13H13N3O2. The van der Waals surface area contributed by atoms with Crippen LogP contribution in [-0.2, 0) is 4.74 Å². The Morgan fingerprint density at radius 3 is 2.67 bits per heavy atom. The number of carbonyl (C=O) groups is 1. The van der Waals surface area contributed by atoms with Crippen molar-refractivity contribution in [2.45, 2.75) is 0 Å². The number of para-hydroxylation sites is 2. The second-order valence-electron chi connectivity index (χ2n) is 3.64. The zero-order valence-electron chi connectivity index (χ0n) is 9.88. The van der Waals surface area contributed by atoms with Crippen LogP contribution < -0.4 is 11.1 Å². The number of methoxy groups -OCH3 is 1. The molecule has 0 fully saturated rings. The van der Waals surface area contributed by atoms with Gasteiger partial charge in [0.05, 0.1) is 30.4 Å². The van der Waals surface area contributed by atoms with Crippen molar-refractivity contribution in [1.29, 1.82) is 0 Å². The van der Waals surface area contributed by atoms with Gasteiger partial charge in [-0.15, -0.1) is 0 Å². The zero-order chi connectivity index (χ0) is 13.0. The Labute approximate surface area is 105 Å². The molecule has 18 heavy (non-hydrogen) atoms. The summed E-state index contributed by atoms with van der Waals surface area (Å²) >= 11 is 0. The highest BCUT2D eigenvalue weighted by Gasteiger charge is 2.06. The van der Waals surface area contributed by atoms with Crippen molar-refractivity contribution in [3.8, 4) is 0 Å². The third-order valence-electron chi connectivity index (χ3n) is 2.40. The molecule has 3 N–H and O–H groups in total. The van der Waals surface area contributed by atoms with Crippen LogP contribution in [0.4, 0.5) is 17.1 Å². The van der Waals surface area contributed by atoms with Gasteiger partial charge in [0, 0.05) is 0 Å². The number of nitrogens with one attached hydrogen (secondary N) is 1. The first-order chi connectivity index (χ1) is 8.70. The summed E-state index contributed by atoms with van der Waals surface area (Å²) in [5.41, 5.74) is 8.27. The van der Waals surface area contributed by atoms with E-state index in [1.807, 2.05) is 18.2 Å². The van der Waals surface area contributed by atoms with E-state index in [0.29, 0.717) is 5.69 Å². The quantitative estimate of drug-likeness (QED) is 0.638. The number of aromatic nitrogens is 1. The van der Waals surface area contributed by atoms with E-state index in [1.165, 1.54) is 7.11 Å². The average molecular weight is 243 g/mol.